The third-order valence-electron chi connectivity index (χ3n) is 5.82. The van der Waals surface area contributed by atoms with E-state index in [1.54, 1.807) is 29.0 Å². The predicted octanol–water partition coefficient (Wildman–Crippen LogP) is 2.16. The molecule has 1 aromatic carbocycles. The van der Waals surface area contributed by atoms with Gasteiger partial charge in [-0.2, -0.15) is 0 Å². The Kier molecular flexibility index (Phi) is 7.38. The summed E-state index contributed by atoms with van der Waals surface area (Å²) in [6, 6.07) is 5.36. The van der Waals surface area contributed by atoms with Crippen molar-refractivity contribution < 1.29 is 23.5 Å². The molecule has 2 fully saturated rings. The second-order valence-electron chi connectivity index (χ2n) is 9.44. The zero-order chi connectivity index (χ0) is 23.5. The van der Waals surface area contributed by atoms with E-state index in [0.29, 0.717) is 39.1 Å². The minimum Gasteiger partial charge on any atom is -0.444 e. The highest BCUT2D eigenvalue weighted by Crippen LogP contribution is 2.32. The van der Waals surface area contributed by atoms with Crippen LogP contribution in [-0.4, -0.2) is 84.0 Å². The Morgan fingerprint density at radius 3 is 2.34 bits per heavy atom. The van der Waals surface area contributed by atoms with Gasteiger partial charge in [0.05, 0.1) is 12.1 Å². The lowest BCUT2D eigenvalue weighted by Gasteiger charge is -2.35. The Labute approximate surface area is 188 Å². The van der Waals surface area contributed by atoms with Gasteiger partial charge in [-0.15, -0.1) is 0 Å². The fourth-order valence-electron chi connectivity index (χ4n) is 4.13. The van der Waals surface area contributed by atoms with Gasteiger partial charge < -0.3 is 19.9 Å². The number of ether oxygens (including phenoxy) is 1. The summed E-state index contributed by atoms with van der Waals surface area (Å²) in [6.07, 6.45) is 0.215. The highest BCUT2D eigenvalue weighted by molar-refractivity contribution is 5.83. The molecule has 0 aromatic heterocycles. The van der Waals surface area contributed by atoms with Crippen molar-refractivity contribution in [1.82, 2.24) is 20.0 Å². The van der Waals surface area contributed by atoms with Gasteiger partial charge in [-0.05, 0) is 38.5 Å². The Hall–Kier alpha value is -2.68. The molecule has 1 N–H and O–H groups in total. The number of amides is 3. The summed E-state index contributed by atoms with van der Waals surface area (Å²) in [5.74, 6) is -0.518. The van der Waals surface area contributed by atoms with E-state index in [2.05, 4.69) is 10.2 Å². The lowest BCUT2D eigenvalue weighted by Crippen LogP contribution is -2.50. The molecule has 0 radical (unpaired) electrons. The Morgan fingerprint density at radius 1 is 1.12 bits per heavy atom. The second kappa shape index (κ2) is 9.85. The maximum atomic E-state index is 13.3. The summed E-state index contributed by atoms with van der Waals surface area (Å²) in [4.78, 5) is 42.5. The number of carbonyl (C=O) groups excluding carboxylic acids is 3. The molecule has 8 nitrogen and oxygen atoms in total. The van der Waals surface area contributed by atoms with E-state index >= 15 is 0 Å². The Morgan fingerprint density at radius 2 is 1.75 bits per heavy atom. The first kappa shape index (κ1) is 24.0. The molecule has 3 amide bonds. The van der Waals surface area contributed by atoms with Gasteiger partial charge in [-0.3, -0.25) is 14.5 Å². The standard InChI is InChI=1S/C23H33FN4O4/c1-23(2,3)32-22(31)28-13-11-27(12-14-28)10-9-19(29)25-18-15-20(30)26(4)21(18)16-5-7-17(24)8-6-16/h5-8,18,21H,9-15H2,1-4H3,(H,25,29)/t18-,21+/m0/s1. The average Bonchev–Trinajstić information content (AvgIpc) is 2.99. The fraction of sp³-hybridized carbons (Fsp3) is 0.609. The number of likely N-dealkylation sites (N-methyl/N-ethyl adjacent to an activating group) is 1. The van der Waals surface area contributed by atoms with Crippen LogP contribution in [-0.2, 0) is 14.3 Å². The molecule has 2 heterocycles. The van der Waals surface area contributed by atoms with Crippen LogP contribution < -0.4 is 5.32 Å². The van der Waals surface area contributed by atoms with Crippen LogP contribution in [0.15, 0.2) is 24.3 Å². The molecule has 3 rings (SSSR count). The van der Waals surface area contributed by atoms with Gasteiger partial charge >= 0.3 is 6.09 Å². The third kappa shape index (κ3) is 6.18. The molecule has 2 aliphatic heterocycles. The van der Waals surface area contributed by atoms with Crippen molar-refractivity contribution >= 4 is 17.9 Å². The monoisotopic (exact) mass is 448 g/mol. The number of nitrogens with zero attached hydrogens (tertiary/aromatic N) is 3. The third-order valence-corrected chi connectivity index (χ3v) is 5.82. The van der Waals surface area contributed by atoms with Crippen molar-refractivity contribution in [2.75, 3.05) is 39.8 Å². The first-order valence-electron chi connectivity index (χ1n) is 11.0. The van der Waals surface area contributed by atoms with E-state index in [9.17, 15) is 18.8 Å². The Bertz CT molecular complexity index is 831. The molecule has 32 heavy (non-hydrogen) atoms. The second-order valence-corrected chi connectivity index (χ2v) is 9.44. The number of carbonyl (C=O) groups is 3. The molecule has 0 saturated carbocycles. The van der Waals surface area contributed by atoms with Crippen molar-refractivity contribution in [3.8, 4) is 0 Å². The van der Waals surface area contributed by atoms with Gasteiger partial charge in [-0.1, -0.05) is 12.1 Å². The molecule has 2 saturated heterocycles. The van der Waals surface area contributed by atoms with E-state index in [4.69, 9.17) is 4.74 Å². The van der Waals surface area contributed by atoms with Crippen LogP contribution in [0.25, 0.3) is 0 Å². The molecule has 176 valence electrons. The summed E-state index contributed by atoms with van der Waals surface area (Å²) in [5, 5.41) is 2.99. The minimum absolute atomic E-state index is 0.0529. The van der Waals surface area contributed by atoms with Crippen LogP contribution in [0.1, 0.15) is 45.2 Å². The topological polar surface area (TPSA) is 82.2 Å². The van der Waals surface area contributed by atoms with Crippen molar-refractivity contribution in [3.63, 3.8) is 0 Å². The largest absolute Gasteiger partial charge is 0.444 e. The van der Waals surface area contributed by atoms with Gasteiger partial charge in [-0.25, -0.2) is 9.18 Å². The van der Waals surface area contributed by atoms with Gasteiger partial charge in [0, 0.05) is 52.6 Å². The molecular formula is C23H33FN4O4. The van der Waals surface area contributed by atoms with E-state index in [1.807, 2.05) is 20.8 Å². The summed E-state index contributed by atoms with van der Waals surface area (Å²) in [5.41, 5.74) is 0.275. The first-order chi connectivity index (χ1) is 15.0. The number of benzene rings is 1. The van der Waals surface area contributed by atoms with Crippen LogP contribution >= 0.6 is 0 Å². The maximum absolute atomic E-state index is 13.3. The normalized spacial score (nSPS) is 22.2. The smallest absolute Gasteiger partial charge is 0.410 e. The van der Waals surface area contributed by atoms with Crippen LogP contribution in [0, 0.1) is 5.82 Å². The van der Waals surface area contributed by atoms with Crippen molar-refractivity contribution in [2.45, 2.75) is 51.3 Å². The predicted molar refractivity (Wildman–Crippen MR) is 117 cm³/mol. The fourth-order valence-corrected chi connectivity index (χ4v) is 4.13. The highest BCUT2D eigenvalue weighted by atomic mass is 19.1. The van der Waals surface area contributed by atoms with E-state index in [-0.39, 0.29) is 42.2 Å². The number of hydrogen-bond acceptors (Lipinski definition) is 5. The first-order valence-corrected chi connectivity index (χ1v) is 11.0. The minimum atomic E-state index is -0.520. The van der Waals surface area contributed by atoms with Crippen LogP contribution in [0.4, 0.5) is 9.18 Å². The number of nitrogens with one attached hydrogen (secondary N) is 1. The van der Waals surface area contributed by atoms with Gasteiger partial charge in [0.2, 0.25) is 11.8 Å². The van der Waals surface area contributed by atoms with E-state index in [0.717, 1.165) is 5.56 Å². The molecule has 9 heteroatoms. The van der Waals surface area contributed by atoms with E-state index < -0.39 is 5.60 Å². The van der Waals surface area contributed by atoms with Gasteiger partial charge in [0.15, 0.2) is 0 Å². The summed E-state index contributed by atoms with van der Waals surface area (Å²) in [7, 11) is 1.70. The molecule has 0 unspecified atom stereocenters. The highest BCUT2D eigenvalue weighted by Gasteiger charge is 2.39. The van der Waals surface area contributed by atoms with Crippen LogP contribution in [0.5, 0.6) is 0 Å². The van der Waals surface area contributed by atoms with Gasteiger partial charge in [0.1, 0.15) is 11.4 Å². The molecule has 0 aliphatic carbocycles. The average molecular weight is 449 g/mol. The molecule has 1 aromatic rings. The summed E-state index contributed by atoms with van der Waals surface area (Å²) >= 11 is 0. The number of likely N-dealkylation sites (tertiary alicyclic amines) is 1. The lowest BCUT2D eigenvalue weighted by atomic mass is 10.00. The van der Waals surface area contributed by atoms with Crippen LogP contribution in [0.2, 0.25) is 0 Å². The summed E-state index contributed by atoms with van der Waals surface area (Å²) in [6.45, 7) is 8.58. The quantitative estimate of drug-likeness (QED) is 0.747. The van der Waals surface area contributed by atoms with E-state index in [1.165, 1.54) is 12.1 Å². The van der Waals surface area contributed by atoms with Crippen LogP contribution in [0.3, 0.4) is 0 Å². The number of hydrogen-bond donors (Lipinski definition) is 1. The molecule has 2 atom stereocenters. The Balaban J connectivity index is 1.47. The van der Waals surface area contributed by atoms with Crippen molar-refractivity contribution in [1.29, 1.82) is 0 Å². The molecule has 0 bridgehead atoms. The zero-order valence-corrected chi connectivity index (χ0v) is 19.3. The molecular weight excluding hydrogens is 415 g/mol. The number of piperazine rings is 1. The maximum Gasteiger partial charge on any atom is 0.410 e. The SMILES string of the molecule is CN1C(=O)C[C@H](NC(=O)CCN2CCN(C(=O)OC(C)(C)C)CC2)[C@H]1c1ccc(F)cc1. The number of rotatable bonds is 5. The van der Waals surface area contributed by atoms with Crippen molar-refractivity contribution in [3.05, 3.63) is 35.6 Å². The lowest BCUT2D eigenvalue weighted by molar-refractivity contribution is -0.127. The molecule has 2 aliphatic rings. The number of halogens is 1. The zero-order valence-electron chi connectivity index (χ0n) is 19.3. The van der Waals surface area contributed by atoms with Crippen molar-refractivity contribution in [2.24, 2.45) is 0 Å². The van der Waals surface area contributed by atoms with Gasteiger partial charge in [0.25, 0.3) is 0 Å². The molecule has 0 spiro atoms. The summed E-state index contributed by atoms with van der Waals surface area (Å²) < 4.78 is 18.7.